The van der Waals surface area contributed by atoms with Crippen molar-refractivity contribution in [3.63, 3.8) is 0 Å². The van der Waals surface area contributed by atoms with Gasteiger partial charge in [-0.25, -0.2) is 4.79 Å². The quantitative estimate of drug-likeness (QED) is 0.893. The Morgan fingerprint density at radius 1 is 1.16 bits per heavy atom. The molecule has 138 valence electrons. The number of halogens is 1. The van der Waals surface area contributed by atoms with Crippen molar-refractivity contribution in [1.29, 1.82) is 0 Å². The first-order chi connectivity index (χ1) is 11.8. The summed E-state index contributed by atoms with van der Waals surface area (Å²) in [5.74, 6) is 0.421. The molecule has 25 heavy (non-hydrogen) atoms. The highest BCUT2D eigenvalue weighted by Gasteiger charge is 2.28. The monoisotopic (exact) mass is 367 g/mol. The van der Waals surface area contributed by atoms with Crippen molar-refractivity contribution in [3.05, 3.63) is 27.8 Å². The first-order valence-electron chi connectivity index (χ1n) is 8.44. The van der Waals surface area contributed by atoms with Gasteiger partial charge in [0.05, 0.1) is 12.7 Å². The zero-order valence-electron chi connectivity index (χ0n) is 15.5. The second kappa shape index (κ2) is 7.95. The fourth-order valence-corrected chi connectivity index (χ4v) is 3.11. The van der Waals surface area contributed by atoms with Gasteiger partial charge in [0.1, 0.15) is 5.75 Å². The molecule has 2 rings (SSSR count). The minimum absolute atomic E-state index is 0.0887. The van der Waals surface area contributed by atoms with Crippen LogP contribution in [0.3, 0.4) is 0 Å². The Labute approximate surface area is 154 Å². The molecule has 0 spiro atoms. The number of hydrogen-bond donors (Lipinski definition) is 1. The number of methoxy groups -OCH3 is 1. The van der Waals surface area contributed by atoms with Crippen LogP contribution in [0.2, 0.25) is 5.02 Å². The van der Waals surface area contributed by atoms with Gasteiger partial charge in [-0.05, 0) is 44.9 Å². The molecule has 1 aromatic carbocycles. The Morgan fingerprint density at radius 3 is 2.24 bits per heavy atom. The molecule has 1 aliphatic rings. The molecule has 1 N–H and O–H groups in total. The van der Waals surface area contributed by atoms with Crippen molar-refractivity contribution in [2.75, 3.05) is 33.3 Å². The molecule has 1 fully saturated rings. The molecule has 3 amide bonds. The van der Waals surface area contributed by atoms with E-state index in [9.17, 15) is 9.59 Å². The fourth-order valence-electron chi connectivity index (χ4n) is 2.96. The molecule has 1 aromatic rings. The van der Waals surface area contributed by atoms with E-state index in [1.165, 1.54) is 0 Å². The van der Waals surface area contributed by atoms with Crippen LogP contribution in [0.5, 0.6) is 5.75 Å². The Bertz CT molecular complexity index is 668. The van der Waals surface area contributed by atoms with E-state index >= 15 is 0 Å². The Balaban J connectivity index is 2.14. The minimum Gasteiger partial charge on any atom is -0.496 e. The number of rotatable bonds is 3. The number of carbonyl (C=O) groups excluding carboxylic acids is 2. The molecule has 6 nitrogen and oxygen atoms in total. The zero-order chi connectivity index (χ0) is 18.7. The molecule has 1 aliphatic heterocycles. The van der Waals surface area contributed by atoms with Gasteiger partial charge in [-0.15, -0.1) is 0 Å². The number of nitrogens with zero attached hydrogens (tertiary/aromatic N) is 2. The number of benzene rings is 1. The third kappa shape index (κ3) is 4.18. The van der Waals surface area contributed by atoms with Crippen LogP contribution in [-0.4, -0.2) is 61.1 Å². The second-order valence-corrected chi connectivity index (χ2v) is 6.97. The number of amides is 3. The van der Waals surface area contributed by atoms with Gasteiger partial charge in [0, 0.05) is 37.2 Å². The Morgan fingerprint density at radius 2 is 1.72 bits per heavy atom. The summed E-state index contributed by atoms with van der Waals surface area (Å²) in [6.07, 6.45) is 0. The van der Waals surface area contributed by atoms with Gasteiger partial charge in [0.15, 0.2) is 0 Å². The van der Waals surface area contributed by atoms with Crippen LogP contribution in [-0.2, 0) is 0 Å². The summed E-state index contributed by atoms with van der Waals surface area (Å²) in [4.78, 5) is 28.5. The van der Waals surface area contributed by atoms with Crippen LogP contribution in [0.1, 0.15) is 35.3 Å². The summed E-state index contributed by atoms with van der Waals surface area (Å²) in [6.45, 7) is 9.55. The van der Waals surface area contributed by atoms with E-state index in [0.717, 1.165) is 11.1 Å². The second-order valence-electron chi connectivity index (χ2n) is 6.59. The van der Waals surface area contributed by atoms with Crippen molar-refractivity contribution >= 4 is 23.5 Å². The molecule has 1 heterocycles. The molecular weight excluding hydrogens is 342 g/mol. The van der Waals surface area contributed by atoms with Gasteiger partial charge in [-0.2, -0.15) is 0 Å². The number of nitrogens with one attached hydrogen (secondary N) is 1. The number of aryl methyl sites for hydroxylation is 1. The first kappa shape index (κ1) is 19.4. The summed E-state index contributed by atoms with van der Waals surface area (Å²) in [5, 5.41) is 3.46. The van der Waals surface area contributed by atoms with Gasteiger partial charge in [-0.3, -0.25) is 4.79 Å². The van der Waals surface area contributed by atoms with E-state index in [1.807, 2.05) is 27.7 Å². The Kier molecular flexibility index (Phi) is 6.16. The average molecular weight is 368 g/mol. The van der Waals surface area contributed by atoms with Crippen molar-refractivity contribution < 1.29 is 14.3 Å². The van der Waals surface area contributed by atoms with E-state index in [2.05, 4.69) is 5.32 Å². The maximum atomic E-state index is 13.0. The van der Waals surface area contributed by atoms with Crippen LogP contribution in [0.4, 0.5) is 4.79 Å². The number of hydrogen-bond acceptors (Lipinski definition) is 3. The molecule has 7 heteroatoms. The lowest BCUT2D eigenvalue weighted by Gasteiger charge is -2.35. The third-order valence-electron chi connectivity index (χ3n) is 4.34. The molecule has 0 atom stereocenters. The van der Waals surface area contributed by atoms with E-state index in [-0.39, 0.29) is 18.0 Å². The molecule has 0 saturated carbocycles. The van der Waals surface area contributed by atoms with Crippen LogP contribution in [0.15, 0.2) is 6.07 Å². The molecule has 1 saturated heterocycles. The highest BCUT2D eigenvalue weighted by atomic mass is 35.5. The number of ether oxygens (including phenoxy) is 1. The smallest absolute Gasteiger partial charge is 0.317 e. The summed E-state index contributed by atoms with van der Waals surface area (Å²) in [6, 6.07) is 1.79. The van der Waals surface area contributed by atoms with Crippen molar-refractivity contribution in [3.8, 4) is 5.75 Å². The average Bonchev–Trinajstić information content (AvgIpc) is 2.58. The Hall–Kier alpha value is -1.95. The summed E-state index contributed by atoms with van der Waals surface area (Å²) in [7, 11) is 1.55. The molecule has 0 aliphatic carbocycles. The minimum atomic E-state index is -0.111. The van der Waals surface area contributed by atoms with Gasteiger partial charge >= 0.3 is 6.03 Å². The van der Waals surface area contributed by atoms with Gasteiger partial charge in [-0.1, -0.05) is 11.6 Å². The largest absolute Gasteiger partial charge is 0.496 e. The van der Waals surface area contributed by atoms with Crippen molar-refractivity contribution in [2.24, 2.45) is 0 Å². The first-order valence-corrected chi connectivity index (χ1v) is 8.82. The van der Waals surface area contributed by atoms with Crippen molar-refractivity contribution in [1.82, 2.24) is 15.1 Å². The lowest BCUT2D eigenvalue weighted by molar-refractivity contribution is 0.0660. The number of urea groups is 1. The predicted octanol–water partition coefficient (Wildman–Crippen LogP) is 2.84. The third-order valence-corrected chi connectivity index (χ3v) is 4.93. The predicted molar refractivity (Wildman–Crippen MR) is 98.6 cm³/mol. The molecule has 0 radical (unpaired) electrons. The molecule has 0 aromatic heterocycles. The van der Waals surface area contributed by atoms with Gasteiger partial charge in [0.2, 0.25) is 0 Å². The topological polar surface area (TPSA) is 61.9 Å². The SMILES string of the molecule is COc1cc(C)c(Cl)c(C)c1C(=O)N1CCN(C(=O)NC(C)C)CC1. The number of carbonyl (C=O) groups is 2. The van der Waals surface area contributed by atoms with Crippen LogP contribution in [0.25, 0.3) is 0 Å². The maximum absolute atomic E-state index is 13.0. The van der Waals surface area contributed by atoms with Crippen LogP contribution in [0, 0.1) is 13.8 Å². The number of piperazine rings is 1. The highest BCUT2D eigenvalue weighted by molar-refractivity contribution is 6.32. The van der Waals surface area contributed by atoms with E-state index < -0.39 is 0 Å². The zero-order valence-corrected chi connectivity index (χ0v) is 16.2. The van der Waals surface area contributed by atoms with E-state index in [0.29, 0.717) is 42.5 Å². The van der Waals surface area contributed by atoms with E-state index in [4.69, 9.17) is 16.3 Å². The van der Waals surface area contributed by atoms with Gasteiger partial charge in [0.25, 0.3) is 5.91 Å². The fraction of sp³-hybridized carbons (Fsp3) is 0.556. The van der Waals surface area contributed by atoms with Gasteiger partial charge < -0.3 is 19.9 Å². The summed E-state index contributed by atoms with van der Waals surface area (Å²) < 4.78 is 5.40. The summed E-state index contributed by atoms with van der Waals surface area (Å²) >= 11 is 6.32. The van der Waals surface area contributed by atoms with Crippen LogP contribution >= 0.6 is 11.6 Å². The van der Waals surface area contributed by atoms with E-state index in [1.54, 1.807) is 23.0 Å². The molecule has 0 unspecified atom stereocenters. The lowest BCUT2D eigenvalue weighted by atomic mass is 10.0. The molecule has 0 bridgehead atoms. The highest BCUT2D eigenvalue weighted by Crippen LogP contribution is 2.32. The van der Waals surface area contributed by atoms with Crippen molar-refractivity contribution in [2.45, 2.75) is 33.7 Å². The molecular formula is C18H26ClN3O3. The maximum Gasteiger partial charge on any atom is 0.317 e. The van der Waals surface area contributed by atoms with Crippen LogP contribution < -0.4 is 10.1 Å². The standard InChI is InChI=1S/C18H26ClN3O3/c1-11(2)20-18(24)22-8-6-21(7-9-22)17(23)15-13(4)16(19)12(3)10-14(15)25-5/h10-11H,6-9H2,1-5H3,(H,20,24). The lowest BCUT2D eigenvalue weighted by Crippen LogP contribution is -2.54. The summed E-state index contributed by atoms with van der Waals surface area (Å²) in [5.41, 5.74) is 2.10. The normalized spacial score (nSPS) is 14.7.